The molecule has 6 nitrogen and oxygen atoms in total. The fraction of sp³-hybridized carbons (Fsp3) is 0. The maximum atomic E-state index is 3.88. The van der Waals surface area contributed by atoms with Crippen molar-refractivity contribution in [2.45, 2.75) is 0 Å². The van der Waals surface area contributed by atoms with Gasteiger partial charge < -0.3 is 0 Å². The van der Waals surface area contributed by atoms with E-state index in [4.69, 9.17) is 0 Å². The molecular weight excluding hydrogens is 599 g/mol. The van der Waals surface area contributed by atoms with E-state index in [9.17, 15) is 0 Å². The Kier molecular flexibility index (Phi) is 6.01. The Hall–Kier alpha value is 1.29. The minimum absolute atomic E-state index is 0.488. The van der Waals surface area contributed by atoms with E-state index in [0.717, 1.165) is 0 Å². The predicted molar refractivity (Wildman–Crippen MR) is 76.9 cm³/mol. The van der Waals surface area contributed by atoms with Gasteiger partial charge in [0, 0.05) is 0 Å². The molecule has 0 fully saturated rings. The van der Waals surface area contributed by atoms with Gasteiger partial charge in [-0.15, -0.1) is 0 Å². The molecular formula is C3Br6N6. The molecule has 0 N–H and O–H groups in total. The van der Waals surface area contributed by atoms with Crippen LogP contribution in [0.1, 0.15) is 0 Å². The molecule has 0 aliphatic heterocycles. The summed E-state index contributed by atoms with van der Waals surface area (Å²) in [5, 5.41) is 0. The molecule has 0 unspecified atom stereocenters. The van der Waals surface area contributed by atoms with Gasteiger partial charge in [-0.05, 0) is 0 Å². The standard InChI is InChI=1S/C3Br6N6/c4-10-1-13(7)2(11-5)15(9)3(12-6)14(1)8. The number of rotatable bonds is 0. The number of nitrogens with zero attached hydrogens (tertiary/aromatic N) is 6. The molecule has 0 aliphatic rings. The van der Waals surface area contributed by atoms with Crippen molar-refractivity contribution >= 4 is 96.9 Å². The van der Waals surface area contributed by atoms with Gasteiger partial charge in [-0.25, -0.2) is 10.8 Å². The van der Waals surface area contributed by atoms with Gasteiger partial charge in [0.15, 0.2) is 0 Å². The zero-order chi connectivity index (χ0) is 11.6. The summed E-state index contributed by atoms with van der Waals surface area (Å²) < 4.78 is 16.2. The highest BCUT2D eigenvalue weighted by molar-refractivity contribution is 9.09. The van der Waals surface area contributed by atoms with Crippen LogP contribution in [0.25, 0.3) is 0 Å². The quantitative estimate of drug-likeness (QED) is 0.440. The first-order valence-corrected chi connectivity index (χ1v) is 7.28. The van der Waals surface area contributed by atoms with Crippen LogP contribution in [-0.2, 0) is 0 Å². The summed E-state index contributed by atoms with van der Waals surface area (Å²) in [7, 11) is 0. The van der Waals surface area contributed by atoms with Gasteiger partial charge in [0.1, 0.15) is 0 Å². The lowest BCUT2D eigenvalue weighted by Gasteiger charge is -2.05. The van der Waals surface area contributed by atoms with Crippen LogP contribution in [0, 0.1) is 0 Å². The Labute approximate surface area is 135 Å². The molecule has 0 bridgehead atoms. The largest absolute Gasteiger partial charge is 0.243 e. The average molecular weight is 599 g/mol. The van der Waals surface area contributed by atoms with Crippen molar-refractivity contribution in [3.8, 4) is 0 Å². The molecule has 0 atom stereocenters. The predicted octanol–water partition coefficient (Wildman–Crippen LogP) is 2.20. The van der Waals surface area contributed by atoms with E-state index >= 15 is 0 Å². The molecule has 0 radical (unpaired) electrons. The van der Waals surface area contributed by atoms with Gasteiger partial charge in [-0.1, -0.05) is 0 Å². The fourth-order valence-corrected chi connectivity index (χ4v) is 4.99. The van der Waals surface area contributed by atoms with E-state index in [1.165, 1.54) is 10.8 Å². The molecule has 1 rings (SSSR count). The SMILES string of the molecule is BrN=c1n(Br)c(=NBr)n(Br)c(=NBr)n1Br. The van der Waals surface area contributed by atoms with Crippen LogP contribution in [0.15, 0.2) is 12.1 Å². The summed E-state index contributed by atoms with van der Waals surface area (Å²) in [5.41, 5.74) is 1.46. The lowest BCUT2D eigenvalue weighted by atomic mass is 11.0. The average Bonchev–Trinajstić information content (AvgIpc) is 2.19. The maximum Gasteiger partial charge on any atom is 0.243 e. The van der Waals surface area contributed by atoms with E-state index < -0.39 is 0 Å². The third-order valence-corrected chi connectivity index (χ3v) is 4.14. The van der Waals surface area contributed by atoms with Gasteiger partial charge in [0.05, 0.1) is 96.9 Å². The Bertz CT molecular complexity index is 448. The second-order valence-corrected chi connectivity index (χ2v) is 5.19. The Morgan fingerprint density at radius 1 is 0.600 bits per heavy atom. The Balaban J connectivity index is 4.12. The van der Waals surface area contributed by atoms with Crippen molar-refractivity contribution in [3.05, 3.63) is 16.9 Å². The second kappa shape index (κ2) is 6.28. The highest BCUT2D eigenvalue weighted by Crippen LogP contribution is 1.92. The van der Waals surface area contributed by atoms with Crippen LogP contribution in [0.3, 0.4) is 0 Å². The van der Waals surface area contributed by atoms with Crippen LogP contribution >= 0.6 is 96.9 Å². The molecule has 0 aromatic carbocycles. The van der Waals surface area contributed by atoms with Gasteiger partial charge in [-0.3, -0.25) is 0 Å². The van der Waals surface area contributed by atoms with Crippen LogP contribution in [0.5, 0.6) is 0 Å². The molecule has 0 amide bonds. The maximum absolute atomic E-state index is 3.88. The van der Waals surface area contributed by atoms with E-state index in [0.29, 0.717) is 16.9 Å². The minimum atomic E-state index is 0.488. The highest BCUT2D eigenvalue weighted by atomic mass is 79.9. The number of hydrogen-bond donors (Lipinski definition) is 0. The summed E-state index contributed by atoms with van der Waals surface area (Å²) >= 11 is 18.8. The number of halogens is 6. The summed E-state index contributed by atoms with van der Waals surface area (Å²) in [6.45, 7) is 0. The van der Waals surface area contributed by atoms with Gasteiger partial charge >= 0.3 is 0 Å². The molecule has 0 saturated carbocycles. The highest BCUT2D eigenvalue weighted by Gasteiger charge is 2.06. The number of aromatic nitrogens is 3. The van der Waals surface area contributed by atoms with Crippen molar-refractivity contribution in [1.29, 1.82) is 0 Å². The molecule has 0 spiro atoms. The van der Waals surface area contributed by atoms with Gasteiger partial charge in [-0.2, -0.15) is 12.1 Å². The van der Waals surface area contributed by atoms with Crippen LogP contribution in [0.2, 0.25) is 0 Å². The minimum Gasteiger partial charge on any atom is -0.211 e. The molecule has 0 aliphatic carbocycles. The second-order valence-electron chi connectivity index (χ2n) is 2.00. The smallest absolute Gasteiger partial charge is 0.211 e. The summed E-state index contributed by atoms with van der Waals surface area (Å²) in [6, 6.07) is 0. The van der Waals surface area contributed by atoms with Crippen molar-refractivity contribution in [2.24, 2.45) is 12.1 Å². The van der Waals surface area contributed by atoms with E-state index in [2.05, 4.69) is 109 Å². The van der Waals surface area contributed by atoms with E-state index in [-0.39, 0.29) is 0 Å². The molecule has 1 heterocycles. The Morgan fingerprint density at radius 3 is 0.933 bits per heavy atom. The molecule has 1 aromatic rings. The Morgan fingerprint density at radius 2 is 0.800 bits per heavy atom. The van der Waals surface area contributed by atoms with Gasteiger partial charge in [0.25, 0.3) is 0 Å². The van der Waals surface area contributed by atoms with Crippen LogP contribution in [0.4, 0.5) is 0 Å². The van der Waals surface area contributed by atoms with Crippen molar-refractivity contribution < 1.29 is 0 Å². The van der Waals surface area contributed by atoms with E-state index in [1.54, 1.807) is 0 Å². The molecule has 1 aromatic heterocycles. The monoisotopic (exact) mass is 594 g/mol. The normalized spacial score (nSPS) is 10.0. The first-order valence-electron chi connectivity index (χ1n) is 3.03. The molecule has 12 heteroatoms. The molecule has 15 heavy (non-hydrogen) atoms. The summed E-state index contributed by atoms with van der Waals surface area (Å²) in [4.78, 5) is 0. The van der Waals surface area contributed by atoms with Crippen molar-refractivity contribution in [2.75, 3.05) is 0 Å². The summed E-state index contributed by atoms with van der Waals surface area (Å²) in [5.74, 6) is 0. The fourth-order valence-electron chi connectivity index (χ4n) is 0.699. The lowest BCUT2D eigenvalue weighted by molar-refractivity contribution is 0.773. The third-order valence-electron chi connectivity index (χ3n) is 1.28. The summed E-state index contributed by atoms with van der Waals surface area (Å²) in [6.07, 6.45) is 0. The zero-order valence-corrected chi connectivity index (χ0v) is 16.0. The number of hydrogen-bond acceptors (Lipinski definition) is 3. The first-order chi connectivity index (χ1) is 7.08. The third kappa shape index (κ3) is 2.76. The van der Waals surface area contributed by atoms with Crippen molar-refractivity contribution in [1.82, 2.24) is 10.8 Å². The van der Waals surface area contributed by atoms with Crippen molar-refractivity contribution in [3.63, 3.8) is 0 Å². The van der Waals surface area contributed by atoms with Crippen LogP contribution in [-0.4, -0.2) is 10.8 Å². The molecule has 84 valence electrons. The van der Waals surface area contributed by atoms with E-state index in [1.807, 2.05) is 0 Å². The lowest BCUT2D eigenvalue weighted by Crippen LogP contribution is -2.47. The van der Waals surface area contributed by atoms with Crippen LogP contribution < -0.4 is 16.9 Å². The topological polar surface area (TPSA) is 51.9 Å². The zero-order valence-electron chi connectivity index (χ0n) is 6.45. The first kappa shape index (κ1) is 14.4. The van der Waals surface area contributed by atoms with Gasteiger partial charge in [0.2, 0.25) is 16.9 Å². The molecule has 0 saturated heterocycles.